The smallest absolute Gasteiger partial charge is 0.230 e. The van der Waals surface area contributed by atoms with Crippen LogP contribution in [0.25, 0.3) is 0 Å². The summed E-state index contributed by atoms with van der Waals surface area (Å²) in [5.74, 6) is 0.920. The van der Waals surface area contributed by atoms with Crippen LogP contribution in [-0.4, -0.2) is 22.6 Å². The third-order valence-electron chi connectivity index (χ3n) is 2.87. The maximum absolute atomic E-state index is 11.9. The molecule has 0 bridgehead atoms. The molecule has 1 unspecified atom stereocenters. The van der Waals surface area contributed by atoms with Gasteiger partial charge in [0.1, 0.15) is 0 Å². The molecular formula is C12H22N4O. The molecule has 0 radical (unpaired) electrons. The minimum Gasteiger partial charge on any atom is -0.330 e. The molecule has 5 heteroatoms. The van der Waals surface area contributed by atoms with Crippen LogP contribution in [0.3, 0.4) is 0 Å². The van der Waals surface area contributed by atoms with Crippen molar-refractivity contribution in [2.45, 2.75) is 33.6 Å². The normalized spacial score (nSPS) is 13.1. The van der Waals surface area contributed by atoms with E-state index < -0.39 is 0 Å². The predicted octanol–water partition coefficient (Wildman–Crippen LogP) is 1.70. The summed E-state index contributed by atoms with van der Waals surface area (Å²) in [5.41, 5.74) is 6.60. The summed E-state index contributed by atoms with van der Waals surface area (Å²) in [6, 6.07) is 1.86. The summed E-state index contributed by atoms with van der Waals surface area (Å²) in [6.07, 6.45) is 0. The SMILES string of the molecule is CC(C)c1cc(NC(=O)C(CN)C(C)C)n[nH]1. The van der Waals surface area contributed by atoms with E-state index in [1.165, 1.54) is 0 Å². The molecule has 0 spiro atoms. The maximum Gasteiger partial charge on any atom is 0.230 e. The lowest BCUT2D eigenvalue weighted by Gasteiger charge is -2.17. The van der Waals surface area contributed by atoms with Crippen molar-refractivity contribution in [1.82, 2.24) is 10.2 Å². The zero-order valence-corrected chi connectivity index (χ0v) is 10.9. The fraction of sp³-hybridized carbons (Fsp3) is 0.667. The molecule has 1 heterocycles. The molecule has 0 saturated carbocycles. The van der Waals surface area contributed by atoms with Gasteiger partial charge in [-0.15, -0.1) is 0 Å². The van der Waals surface area contributed by atoms with E-state index in [0.717, 1.165) is 5.69 Å². The molecule has 96 valence electrons. The maximum atomic E-state index is 11.9. The molecule has 5 nitrogen and oxygen atoms in total. The molecule has 0 aliphatic carbocycles. The monoisotopic (exact) mass is 238 g/mol. The van der Waals surface area contributed by atoms with Crippen LogP contribution in [0.5, 0.6) is 0 Å². The van der Waals surface area contributed by atoms with Gasteiger partial charge in [0.05, 0.1) is 5.92 Å². The molecule has 1 amide bonds. The molecule has 1 rings (SSSR count). The van der Waals surface area contributed by atoms with Crippen molar-refractivity contribution in [2.24, 2.45) is 17.6 Å². The van der Waals surface area contributed by atoms with Crippen LogP contribution in [0.4, 0.5) is 5.82 Å². The van der Waals surface area contributed by atoms with Crippen molar-refractivity contribution in [3.63, 3.8) is 0 Å². The minimum atomic E-state index is -0.172. The highest BCUT2D eigenvalue weighted by atomic mass is 16.2. The van der Waals surface area contributed by atoms with E-state index in [2.05, 4.69) is 29.4 Å². The third kappa shape index (κ3) is 3.56. The minimum absolute atomic E-state index is 0.0655. The Morgan fingerprint density at radius 2 is 2.12 bits per heavy atom. The van der Waals surface area contributed by atoms with E-state index in [1.54, 1.807) is 0 Å². The Labute approximate surface area is 102 Å². The first-order valence-corrected chi connectivity index (χ1v) is 6.02. The third-order valence-corrected chi connectivity index (χ3v) is 2.87. The van der Waals surface area contributed by atoms with Gasteiger partial charge in [0.25, 0.3) is 0 Å². The van der Waals surface area contributed by atoms with Crippen LogP contribution in [0.2, 0.25) is 0 Å². The van der Waals surface area contributed by atoms with E-state index in [1.807, 2.05) is 19.9 Å². The van der Waals surface area contributed by atoms with Crippen LogP contribution in [0, 0.1) is 11.8 Å². The Morgan fingerprint density at radius 3 is 2.53 bits per heavy atom. The number of H-pyrrole nitrogens is 1. The van der Waals surface area contributed by atoms with Crippen molar-refractivity contribution in [1.29, 1.82) is 0 Å². The van der Waals surface area contributed by atoms with Crippen LogP contribution >= 0.6 is 0 Å². The van der Waals surface area contributed by atoms with E-state index in [9.17, 15) is 4.79 Å². The highest BCUT2D eigenvalue weighted by molar-refractivity contribution is 5.92. The first-order valence-electron chi connectivity index (χ1n) is 6.02. The summed E-state index contributed by atoms with van der Waals surface area (Å²) in [7, 11) is 0. The lowest BCUT2D eigenvalue weighted by atomic mass is 9.95. The van der Waals surface area contributed by atoms with E-state index in [-0.39, 0.29) is 17.7 Å². The Balaban J connectivity index is 2.67. The Kier molecular flexibility index (Phi) is 4.69. The largest absolute Gasteiger partial charge is 0.330 e. The Hall–Kier alpha value is -1.36. The number of carbonyl (C=O) groups excluding carboxylic acids is 1. The van der Waals surface area contributed by atoms with Gasteiger partial charge in [0, 0.05) is 18.3 Å². The summed E-state index contributed by atoms with van der Waals surface area (Å²) in [4.78, 5) is 11.9. The number of anilines is 1. The molecule has 0 saturated heterocycles. The van der Waals surface area contributed by atoms with Crippen LogP contribution in [0.15, 0.2) is 6.07 Å². The Bertz CT molecular complexity index is 370. The summed E-state index contributed by atoms with van der Waals surface area (Å²) < 4.78 is 0. The molecular weight excluding hydrogens is 216 g/mol. The molecule has 1 aromatic rings. The van der Waals surface area contributed by atoms with Gasteiger partial charge in [-0.1, -0.05) is 27.7 Å². The van der Waals surface area contributed by atoms with E-state index >= 15 is 0 Å². The van der Waals surface area contributed by atoms with Crippen molar-refractivity contribution >= 4 is 11.7 Å². The second-order valence-electron chi connectivity index (χ2n) is 4.94. The number of aromatic amines is 1. The molecule has 0 fully saturated rings. The van der Waals surface area contributed by atoms with Gasteiger partial charge in [0.2, 0.25) is 5.91 Å². The standard InChI is InChI=1S/C12H22N4O/c1-7(2)9(6-13)12(17)14-11-5-10(8(3)4)15-16-11/h5,7-9H,6,13H2,1-4H3,(H2,14,15,16,17). The molecule has 4 N–H and O–H groups in total. The summed E-state index contributed by atoms with van der Waals surface area (Å²) in [5, 5.41) is 9.74. The van der Waals surface area contributed by atoms with Gasteiger partial charge in [-0.2, -0.15) is 5.10 Å². The zero-order valence-electron chi connectivity index (χ0n) is 10.9. The molecule has 0 aromatic carbocycles. The number of carbonyl (C=O) groups is 1. The summed E-state index contributed by atoms with van der Waals surface area (Å²) in [6.45, 7) is 8.46. The lowest BCUT2D eigenvalue weighted by molar-refractivity contribution is -0.120. The lowest BCUT2D eigenvalue weighted by Crippen LogP contribution is -2.33. The first-order chi connectivity index (χ1) is 7.95. The van der Waals surface area contributed by atoms with Crippen LogP contribution < -0.4 is 11.1 Å². The second kappa shape index (κ2) is 5.82. The van der Waals surface area contributed by atoms with Gasteiger partial charge < -0.3 is 11.1 Å². The topological polar surface area (TPSA) is 83.8 Å². The molecule has 1 atom stereocenters. The highest BCUT2D eigenvalue weighted by Gasteiger charge is 2.21. The quantitative estimate of drug-likeness (QED) is 0.730. The molecule has 1 aromatic heterocycles. The number of nitrogens with zero attached hydrogens (tertiary/aromatic N) is 1. The number of hydrogen-bond acceptors (Lipinski definition) is 3. The molecule has 0 aliphatic rings. The van der Waals surface area contributed by atoms with E-state index in [0.29, 0.717) is 18.3 Å². The molecule has 17 heavy (non-hydrogen) atoms. The first kappa shape index (κ1) is 13.7. The number of hydrogen-bond donors (Lipinski definition) is 3. The fourth-order valence-corrected chi connectivity index (χ4v) is 1.60. The number of nitrogens with one attached hydrogen (secondary N) is 2. The van der Waals surface area contributed by atoms with E-state index in [4.69, 9.17) is 5.73 Å². The van der Waals surface area contributed by atoms with Crippen LogP contribution in [-0.2, 0) is 4.79 Å². The van der Waals surface area contributed by atoms with Gasteiger partial charge in [-0.3, -0.25) is 9.89 Å². The van der Waals surface area contributed by atoms with Gasteiger partial charge >= 0.3 is 0 Å². The van der Waals surface area contributed by atoms with Crippen LogP contribution in [0.1, 0.15) is 39.3 Å². The van der Waals surface area contributed by atoms with Gasteiger partial charge in [-0.05, 0) is 11.8 Å². The van der Waals surface area contributed by atoms with Crippen molar-refractivity contribution in [3.05, 3.63) is 11.8 Å². The van der Waals surface area contributed by atoms with Crippen molar-refractivity contribution in [2.75, 3.05) is 11.9 Å². The zero-order chi connectivity index (χ0) is 13.0. The Morgan fingerprint density at radius 1 is 1.47 bits per heavy atom. The average molecular weight is 238 g/mol. The second-order valence-corrected chi connectivity index (χ2v) is 4.94. The summed E-state index contributed by atoms with van der Waals surface area (Å²) >= 11 is 0. The highest BCUT2D eigenvalue weighted by Crippen LogP contribution is 2.16. The number of rotatable bonds is 5. The predicted molar refractivity (Wildman–Crippen MR) is 68.7 cm³/mol. The number of aromatic nitrogens is 2. The van der Waals surface area contributed by atoms with Gasteiger partial charge in [0.15, 0.2) is 5.82 Å². The van der Waals surface area contributed by atoms with Gasteiger partial charge in [-0.25, -0.2) is 0 Å². The average Bonchev–Trinajstić information content (AvgIpc) is 2.66. The number of nitrogens with two attached hydrogens (primary N) is 1. The van der Waals surface area contributed by atoms with Crippen molar-refractivity contribution in [3.8, 4) is 0 Å². The number of amides is 1. The van der Waals surface area contributed by atoms with Crippen molar-refractivity contribution < 1.29 is 4.79 Å². The fourth-order valence-electron chi connectivity index (χ4n) is 1.60. The molecule has 0 aliphatic heterocycles.